The number of rotatable bonds is 5. The van der Waals surface area contributed by atoms with Gasteiger partial charge in [0.2, 0.25) is 0 Å². The van der Waals surface area contributed by atoms with Crippen molar-refractivity contribution in [1.29, 1.82) is 0 Å². The van der Waals surface area contributed by atoms with Gasteiger partial charge in [-0.3, -0.25) is 14.6 Å². The molecular weight excluding hydrogens is 395 g/mol. The number of hydrogen-bond donors (Lipinski definition) is 3. The van der Waals surface area contributed by atoms with E-state index in [1.54, 1.807) is 18.2 Å². The molecule has 0 radical (unpaired) electrons. The van der Waals surface area contributed by atoms with E-state index in [0.29, 0.717) is 16.8 Å². The molecule has 1 aromatic heterocycles. The van der Waals surface area contributed by atoms with Gasteiger partial charge in [0.15, 0.2) is 5.69 Å². The molecule has 0 aliphatic carbocycles. The normalized spacial score (nSPS) is 11.3. The Balaban J connectivity index is 1.48. The molecule has 0 bridgehead atoms. The maximum Gasteiger partial charge on any atom is 0.276 e. The summed E-state index contributed by atoms with van der Waals surface area (Å²) in [7, 11) is -3.84. The molecule has 0 atom stereocenters. The summed E-state index contributed by atoms with van der Waals surface area (Å²) in [5, 5.41) is 10.3. The maximum atomic E-state index is 13.0. The molecule has 7 nitrogen and oxygen atoms in total. The van der Waals surface area contributed by atoms with Crippen molar-refractivity contribution < 1.29 is 17.6 Å². The number of H-pyrrole nitrogens is 1. The minimum absolute atomic E-state index is 0.0540. The van der Waals surface area contributed by atoms with Gasteiger partial charge in [-0.05, 0) is 54.6 Å². The third kappa shape index (κ3) is 3.94. The van der Waals surface area contributed by atoms with Gasteiger partial charge in [0, 0.05) is 16.8 Å². The molecule has 0 fully saturated rings. The molecular formula is C20H15FN4O3S. The second kappa shape index (κ2) is 7.36. The molecule has 0 unspecified atom stereocenters. The van der Waals surface area contributed by atoms with Crippen molar-refractivity contribution in [3.05, 3.63) is 84.3 Å². The van der Waals surface area contributed by atoms with Crippen LogP contribution in [0.2, 0.25) is 0 Å². The van der Waals surface area contributed by atoms with Crippen LogP contribution in [0.3, 0.4) is 0 Å². The van der Waals surface area contributed by atoms with Gasteiger partial charge in [0.05, 0.1) is 10.4 Å². The van der Waals surface area contributed by atoms with Crippen LogP contribution in [-0.2, 0) is 10.0 Å². The highest BCUT2D eigenvalue weighted by Gasteiger charge is 2.16. The van der Waals surface area contributed by atoms with Crippen LogP contribution in [0.15, 0.2) is 77.7 Å². The van der Waals surface area contributed by atoms with E-state index >= 15 is 0 Å². The van der Waals surface area contributed by atoms with Crippen molar-refractivity contribution in [1.82, 2.24) is 10.2 Å². The highest BCUT2D eigenvalue weighted by atomic mass is 32.2. The third-order valence-electron chi connectivity index (χ3n) is 4.20. The molecule has 0 saturated heterocycles. The van der Waals surface area contributed by atoms with Crippen LogP contribution in [0.1, 0.15) is 10.5 Å². The standard InChI is InChI=1S/C20H15FN4O3S/c21-13-5-11-16(12-6-13)29(27,28)25-15-9-7-14(8-10-15)22-20(26)19-17-3-1-2-4-18(17)23-24-19/h1-12,25H,(H,22,26)(H,23,24). The monoisotopic (exact) mass is 410 g/mol. The Bertz CT molecular complexity index is 1280. The summed E-state index contributed by atoms with van der Waals surface area (Å²) in [5.74, 6) is -0.907. The topological polar surface area (TPSA) is 104 Å². The van der Waals surface area contributed by atoms with Crippen LogP contribution in [0.5, 0.6) is 0 Å². The lowest BCUT2D eigenvalue weighted by atomic mass is 10.2. The summed E-state index contributed by atoms with van der Waals surface area (Å²) in [6.45, 7) is 0. The van der Waals surface area contributed by atoms with E-state index in [0.717, 1.165) is 17.6 Å². The number of carbonyl (C=O) groups is 1. The first-order chi connectivity index (χ1) is 13.9. The number of anilines is 2. The van der Waals surface area contributed by atoms with Gasteiger partial charge in [-0.1, -0.05) is 18.2 Å². The lowest BCUT2D eigenvalue weighted by Gasteiger charge is -2.09. The van der Waals surface area contributed by atoms with E-state index in [2.05, 4.69) is 20.2 Å². The van der Waals surface area contributed by atoms with E-state index in [1.807, 2.05) is 18.2 Å². The maximum absolute atomic E-state index is 13.0. The minimum atomic E-state index is -3.84. The van der Waals surface area contributed by atoms with Gasteiger partial charge >= 0.3 is 0 Å². The summed E-state index contributed by atoms with van der Waals surface area (Å²) in [5.41, 5.74) is 1.80. The zero-order valence-corrected chi connectivity index (χ0v) is 15.7. The van der Waals surface area contributed by atoms with Gasteiger partial charge in [0.1, 0.15) is 5.82 Å². The van der Waals surface area contributed by atoms with Crippen molar-refractivity contribution in [2.75, 3.05) is 10.0 Å². The first-order valence-corrected chi connectivity index (χ1v) is 10.0. The number of amides is 1. The molecule has 0 aliphatic heterocycles. The number of carbonyl (C=O) groups excluding carboxylic acids is 1. The summed E-state index contributed by atoms with van der Waals surface area (Å²) >= 11 is 0. The average Bonchev–Trinajstić information content (AvgIpc) is 3.14. The SMILES string of the molecule is O=C(Nc1ccc(NS(=O)(=O)c2ccc(F)cc2)cc1)c1n[nH]c2ccccc12. The van der Waals surface area contributed by atoms with Crippen molar-refractivity contribution in [2.24, 2.45) is 0 Å². The van der Waals surface area contributed by atoms with Gasteiger partial charge in [0.25, 0.3) is 15.9 Å². The molecule has 4 aromatic rings. The van der Waals surface area contributed by atoms with Crippen LogP contribution < -0.4 is 10.0 Å². The number of benzene rings is 3. The molecule has 29 heavy (non-hydrogen) atoms. The Kier molecular flexibility index (Phi) is 4.73. The number of hydrogen-bond acceptors (Lipinski definition) is 4. The molecule has 9 heteroatoms. The Morgan fingerprint density at radius 1 is 0.897 bits per heavy atom. The second-order valence-corrected chi connectivity index (χ2v) is 7.89. The number of halogens is 1. The van der Waals surface area contributed by atoms with Crippen LogP contribution in [0.25, 0.3) is 10.9 Å². The molecule has 3 N–H and O–H groups in total. The number of aromatic amines is 1. The van der Waals surface area contributed by atoms with Crippen molar-refractivity contribution >= 4 is 38.2 Å². The summed E-state index contributed by atoms with van der Waals surface area (Å²) in [6, 6.07) is 17.9. The number of para-hydroxylation sites is 1. The first-order valence-electron chi connectivity index (χ1n) is 8.55. The molecule has 0 saturated carbocycles. The number of nitrogens with one attached hydrogen (secondary N) is 3. The number of sulfonamides is 1. The van der Waals surface area contributed by atoms with E-state index in [1.165, 1.54) is 24.3 Å². The Hall–Kier alpha value is -3.72. The summed E-state index contributed by atoms with van der Waals surface area (Å²) < 4.78 is 40.1. The Morgan fingerprint density at radius 2 is 1.55 bits per heavy atom. The number of nitrogens with zero attached hydrogens (tertiary/aromatic N) is 1. The predicted molar refractivity (Wildman–Crippen MR) is 108 cm³/mol. The fraction of sp³-hybridized carbons (Fsp3) is 0. The Labute approximate surface area is 165 Å². The predicted octanol–water partition coefficient (Wildman–Crippen LogP) is 3.76. The quantitative estimate of drug-likeness (QED) is 0.466. The zero-order valence-electron chi connectivity index (χ0n) is 14.9. The molecule has 0 spiro atoms. The third-order valence-corrected chi connectivity index (χ3v) is 5.60. The highest BCUT2D eigenvalue weighted by molar-refractivity contribution is 7.92. The van der Waals surface area contributed by atoms with Crippen molar-refractivity contribution in [2.45, 2.75) is 4.90 Å². The van der Waals surface area contributed by atoms with Crippen molar-refractivity contribution in [3.8, 4) is 0 Å². The molecule has 0 aliphatic rings. The molecule has 3 aromatic carbocycles. The Morgan fingerprint density at radius 3 is 2.28 bits per heavy atom. The van der Waals surface area contributed by atoms with Gasteiger partial charge in [-0.15, -0.1) is 0 Å². The lowest BCUT2D eigenvalue weighted by Crippen LogP contribution is -2.14. The minimum Gasteiger partial charge on any atom is -0.321 e. The molecule has 1 amide bonds. The van der Waals surface area contributed by atoms with Gasteiger partial charge in [-0.2, -0.15) is 5.10 Å². The van der Waals surface area contributed by atoms with E-state index in [4.69, 9.17) is 0 Å². The van der Waals surface area contributed by atoms with E-state index in [-0.39, 0.29) is 16.5 Å². The second-order valence-electron chi connectivity index (χ2n) is 6.21. The van der Waals surface area contributed by atoms with Crippen LogP contribution in [0, 0.1) is 5.82 Å². The van der Waals surface area contributed by atoms with Crippen LogP contribution in [0.4, 0.5) is 15.8 Å². The molecule has 4 rings (SSSR count). The number of fused-ring (bicyclic) bond motifs is 1. The fourth-order valence-corrected chi connectivity index (χ4v) is 3.83. The fourth-order valence-electron chi connectivity index (χ4n) is 2.78. The van der Waals surface area contributed by atoms with Crippen LogP contribution >= 0.6 is 0 Å². The highest BCUT2D eigenvalue weighted by Crippen LogP contribution is 2.20. The molecule has 146 valence electrons. The van der Waals surface area contributed by atoms with E-state index in [9.17, 15) is 17.6 Å². The van der Waals surface area contributed by atoms with E-state index < -0.39 is 15.8 Å². The van der Waals surface area contributed by atoms with Gasteiger partial charge < -0.3 is 5.32 Å². The first kappa shape index (κ1) is 18.6. The van der Waals surface area contributed by atoms with Crippen LogP contribution in [-0.4, -0.2) is 24.5 Å². The summed E-state index contributed by atoms with van der Waals surface area (Å²) in [6.07, 6.45) is 0. The van der Waals surface area contributed by atoms with Gasteiger partial charge in [-0.25, -0.2) is 12.8 Å². The lowest BCUT2D eigenvalue weighted by molar-refractivity contribution is 0.102. The average molecular weight is 410 g/mol. The zero-order chi connectivity index (χ0) is 20.4. The van der Waals surface area contributed by atoms with Crippen molar-refractivity contribution in [3.63, 3.8) is 0 Å². The smallest absolute Gasteiger partial charge is 0.276 e. The summed E-state index contributed by atoms with van der Waals surface area (Å²) in [4.78, 5) is 12.4. The largest absolute Gasteiger partial charge is 0.321 e. The number of aromatic nitrogens is 2. The molecule has 1 heterocycles.